The van der Waals surface area contributed by atoms with Crippen molar-refractivity contribution in [2.24, 2.45) is 0 Å². The maximum absolute atomic E-state index is 6.13. The molecule has 1 heteroatoms. The van der Waals surface area contributed by atoms with Gasteiger partial charge in [-0.05, 0) is 60.7 Å². The second-order valence-electron chi connectivity index (χ2n) is 6.69. The van der Waals surface area contributed by atoms with Crippen LogP contribution in [0.5, 0.6) is 5.75 Å². The molecule has 24 heavy (non-hydrogen) atoms. The van der Waals surface area contributed by atoms with Gasteiger partial charge in [0.2, 0.25) is 0 Å². The normalized spacial score (nSPS) is 11.3. The molecule has 0 fully saturated rings. The van der Waals surface area contributed by atoms with Gasteiger partial charge in [-0.2, -0.15) is 0 Å². The maximum Gasteiger partial charge on any atom is 0.120 e. The van der Waals surface area contributed by atoms with Gasteiger partial charge < -0.3 is 4.74 Å². The second-order valence-corrected chi connectivity index (χ2v) is 6.69. The zero-order valence-electron chi connectivity index (χ0n) is 14.6. The highest BCUT2D eigenvalue weighted by molar-refractivity contribution is 5.73. The Hall–Kier alpha value is -2.54. The molecule has 0 spiro atoms. The molecule has 0 heterocycles. The molecular formula is C23H24O. The van der Waals surface area contributed by atoms with Gasteiger partial charge in [0.05, 0.1) is 0 Å². The quantitative estimate of drug-likeness (QED) is 0.516. The minimum absolute atomic E-state index is 0.148. The van der Waals surface area contributed by atoms with Crippen molar-refractivity contribution in [3.8, 4) is 28.0 Å². The summed E-state index contributed by atoms with van der Waals surface area (Å²) in [6, 6.07) is 27.5. The fourth-order valence-corrected chi connectivity index (χ4v) is 2.64. The van der Waals surface area contributed by atoms with E-state index in [1.165, 1.54) is 22.3 Å². The van der Waals surface area contributed by atoms with Gasteiger partial charge in [-0.15, -0.1) is 0 Å². The highest BCUT2D eigenvalue weighted by atomic mass is 16.5. The Morgan fingerprint density at radius 2 is 1.21 bits per heavy atom. The van der Waals surface area contributed by atoms with Crippen LogP contribution in [0.15, 0.2) is 78.9 Å². The van der Waals surface area contributed by atoms with Crippen LogP contribution in [0, 0.1) is 0 Å². The van der Waals surface area contributed by atoms with Crippen molar-refractivity contribution >= 4 is 0 Å². The zero-order chi connectivity index (χ0) is 17.0. The van der Waals surface area contributed by atoms with E-state index in [2.05, 4.69) is 87.5 Å². The number of hydrogen-bond acceptors (Lipinski definition) is 1. The Balaban J connectivity index is 1.92. The van der Waals surface area contributed by atoms with Crippen LogP contribution in [0.25, 0.3) is 22.3 Å². The molecule has 0 aliphatic heterocycles. The Bertz CT molecular complexity index is 803. The van der Waals surface area contributed by atoms with E-state index in [1.54, 1.807) is 0 Å². The van der Waals surface area contributed by atoms with E-state index in [1.807, 2.05) is 12.1 Å². The van der Waals surface area contributed by atoms with Crippen LogP contribution in [-0.2, 0) is 0 Å². The lowest BCUT2D eigenvalue weighted by molar-refractivity contribution is 0.105. The molecule has 0 aliphatic carbocycles. The lowest BCUT2D eigenvalue weighted by Crippen LogP contribution is -2.26. The van der Waals surface area contributed by atoms with Gasteiger partial charge in [0, 0.05) is 0 Å². The molecule has 3 rings (SSSR count). The third-order valence-electron chi connectivity index (χ3n) is 4.38. The molecule has 3 aromatic carbocycles. The first kappa shape index (κ1) is 16.3. The number of benzene rings is 3. The van der Waals surface area contributed by atoms with Crippen molar-refractivity contribution in [3.63, 3.8) is 0 Å². The van der Waals surface area contributed by atoms with Gasteiger partial charge >= 0.3 is 0 Å². The third-order valence-corrected chi connectivity index (χ3v) is 4.38. The van der Waals surface area contributed by atoms with Crippen molar-refractivity contribution in [2.45, 2.75) is 32.8 Å². The Morgan fingerprint density at radius 3 is 1.88 bits per heavy atom. The van der Waals surface area contributed by atoms with E-state index in [9.17, 15) is 0 Å². The fraction of sp³-hybridized carbons (Fsp3) is 0.217. The van der Waals surface area contributed by atoms with Crippen LogP contribution in [0.3, 0.4) is 0 Å². The van der Waals surface area contributed by atoms with Gasteiger partial charge in [0.25, 0.3) is 0 Å². The average molecular weight is 316 g/mol. The van der Waals surface area contributed by atoms with Crippen molar-refractivity contribution in [3.05, 3.63) is 78.9 Å². The molecule has 0 radical (unpaired) electrons. The SMILES string of the molecule is CCC(C)(C)Oc1cccc(-c2cccc(-c3ccccc3)c2)c1. The van der Waals surface area contributed by atoms with Crippen LogP contribution >= 0.6 is 0 Å². The van der Waals surface area contributed by atoms with Crippen LogP contribution in [0.1, 0.15) is 27.2 Å². The first-order valence-corrected chi connectivity index (χ1v) is 8.52. The standard InChI is InChI=1S/C23H24O/c1-4-23(2,3)24-22-15-9-14-21(17-22)20-13-8-12-19(16-20)18-10-6-5-7-11-18/h5-17H,4H2,1-3H3. The van der Waals surface area contributed by atoms with Crippen LogP contribution in [0.4, 0.5) is 0 Å². The van der Waals surface area contributed by atoms with Gasteiger partial charge in [-0.1, -0.05) is 67.6 Å². The van der Waals surface area contributed by atoms with Crippen molar-refractivity contribution < 1.29 is 4.74 Å². The second kappa shape index (κ2) is 6.92. The van der Waals surface area contributed by atoms with E-state index in [4.69, 9.17) is 4.74 Å². The molecule has 0 aliphatic rings. The van der Waals surface area contributed by atoms with E-state index < -0.39 is 0 Å². The molecule has 0 amide bonds. The number of ether oxygens (including phenoxy) is 1. The molecular weight excluding hydrogens is 292 g/mol. The first-order chi connectivity index (χ1) is 11.6. The van der Waals surface area contributed by atoms with Gasteiger partial charge in [0.15, 0.2) is 0 Å². The van der Waals surface area contributed by atoms with Gasteiger partial charge in [-0.3, -0.25) is 0 Å². The Labute approximate surface area is 144 Å². The van der Waals surface area contributed by atoms with Crippen molar-refractivity contribution in [1.29, 1.82) is 0 Å². The summed E-state index contributed by atoms with van der Waals surface area (Å²) in [5.41, 5.74) is 4.70. The smallest absolute Gasteiger partial charge is 0.120 e. The van der Waals surface area contributed by atoms with E-state index >= 15 is 0 Å². The molecule has 0 N–H and O–H groups in total. The zero-order valence-corrected chi connectivity index (χ0v) is 14.6. The lowest BCUT2D eigenvalue weighted by Gasteiger charge is -2.25. The molecule has 0 saturated heterocycles. The van der Waals surface area contributed by atoms with E-state index in [0.29, 0.717) is 0 Å². The fourth-order valence-electron chi connectivity index (χ4n) is 2.64. The molecule has 1 nitrogen and oxygen atoms in total. The van der Waals surface area contributed by atoms with Crippen molar-refractivity contribution in [2.75, 3.05) is 0 Å². The molecule has 0 unspecified atom stereocenters. The van der Waals surface area contributed by atoms with Gasteiger partial charge in [0.1, 0.15) is 11.4 Å². The summed E-state index contributed by atoms with van der Waals surface area (Å²) in [7, 11) is 0. The summed E-state index contributed by atoms with van der Waals surface area (Å²) in [5, 5.41) is 0. The average Bonchev–Trinajstić information content (AvgIpc) is 2.62. The summed E-state index contributed by atoms with van der Waals surface area (Å²) in [4.78, 5) is 0. The van der Waals surface area contributed by atoms with E-state index in [-0.39, 0.29) is 5.60 Å². The Kier molecular flexibility index (Phi) is 4.71. The molecule has 0 atom stereocenters. The molecule has 122 valence electrons. The largest absolute Gasteiger partial charge is 0.488 e. The predicted octanol–water partition coefficient (Wildman–Crippen LogP) is 6.59. The van der Waals surface area contributed by atoms with Crippen LogP contribution < -0.4 is 4.74 Å². The van der Waals surface area contributed by atoms with Crippen LogP contribution in [0.2, 0.25) is 0 Å². The third kappa shape index (κ3) is 3.86. The molecule has 3 aromatic rings. The maximum atomic E-state index is 6.13. The number of rotatable bonds is 5. The first-order valence-electron chi connectivity index (χ1n) is 8.52. The summed E-state index contributed by atoms with van der Waals surface area (Å²) in [6.45, 7) is 6.39. The monoisotopic (exact) mass is 316 g/mol. The predicted molar refractivity (Wildman–Crippen MR) is 102 cm³/mol. The molecule has 0 aromatic heterocycles. The van der Waals surface area contributed by atoms with Crippen molar-refractivity contribution in [1.82, 2.24) is 0 Å². The molecule has 0 bridgehead atoms. The highest BCUT2D eigenvalue weighted by Gasteiger charge is 2.16. The minimum atomic E-state index is -0.148. The van der Waals surface area contributed by atoms with Gasteiger partial charge in [-0.25, -0.2) is 0 Å². The van der Waals surface area contributed by atoms with E-state index in [0.717, 1.165) is 12.2 Å². The summed E-state index contributed by atoms with van der Waals surface area (Å²) in [6.07, 6.45) is 0.973. The lowest BCUT2D eigenvalue weighted by atomic mass is 9.99. The summed E-state index contributed by atoms with van der Waals surface area (Å²) < 4.78 is 6.13. The summed E-state index contributed by atoms with van der Waals surface area (Å²) >= 11 is 0. The minimum Gasteiger partial charge on any atom is -0.488 e. The number of hydrogen-bond donors (Lipinski definition) is 0. The highest BCUT2D eigenvalue weighted by Crippen LogP contribution is 2.30. The van der Waals surface area contributed by atoms with Crippen LogP contribution in [-0.4, -0.2) is 5.60 Å². The Morgan fingerprint density at radius 1 is 0.667 bits per heavy atom. The molecule has 0 saturated carbocycles. The topological polar surface area (TPSA) is 9.23 Å². The summed E-state index contributed by atoms with van der Waals surface area (Å²) in [5.74, 6) is 0.921.